The SMILES string of the molecule is OC[C@H]1O[C@@H](C(O)[C@H]2O[C@H](C(O)[C@@H]3O[C@H](CO)[C@@H](O)[C@H](O)[C@H]3O)[C@@H](O)[C@@H]2O)[C@H](O)[C@@H](O)[C@@H]1O. The maximum Gasteiger partial charge on any atom is 0.115 e. The number of aliphatic hydroxyl groups is 12. The van der Waals surface area contributed by atoms with Crippen molar-refractivity contribution in [3.05, 3.63) is 0 Å². The summed E-state index contributed by atoms with van der Waals surface area (Å²) in [5.41, 5.74) is 0. The van der Waals surface area contributed by atoms with Crippen molar-refractivity contribution >= 4 is 0 Å². The number of aliphatic hydroxyl groups excluding tert-OH is 12. The van der Waals surface area contributed by atoms with Gasteiger partial charge in [-0.15, -0.1) is 0 Å². The zero-order valence-corrected chi connectivity index (χ0v) is 17.2. The third-order valence-electron chi connectivity index (χ3n) is 6.54. The average molecular weight is 488 g/mol. The first-order chi connectivity index (χ1) is 15.5. The molecule has 0 aromatic heterocycles. The predicted octanol–water partition coefficient (Wildman–Crippen LogP) is -8.12. The van der Waals surface area contributed by atoms with Crippen LogP contribution in [0.3, 0.4) is 0 Å². The minimum atomic E-state index is -1.94. The standard InChI is InChI=1S/C18H32O15/c19-1-3-5(21)7(23)9(25)15(31-3)13(29)17-11(27)12(28)18(33-17)14(30)16-10(26)8(24)6(22)4(2-20)32-16/h3-30H,1-2H2/t3-,4-,5-,6-,7+,8+,9-,10-,11+,12+,13?,14?,15-,16-,17+,18+/m1/s1. The molecule has 2 unspecified atom stereocenters. The summed E-state index contributed by atoms with van der Waals surface area (Å²) in [5, 5.41) is 121. The largest absolute Gasteiger partial charge is 0.394 e. The van der Waals surface area contributed by atoms with Crippen LogP contribution in [0.1, 0.15) is 0 Å². The first kappa shape index (κ1) is 27.0. The Bertz CT molecular complexity index is 584. The van der Waals surface area contributed by atoms with Gasteiger partial charge in [-0.1, -0.05) is 0 Å². The smallest absolute Gasteiger partial charge is 0.115 e. The Balaban J connectivity index is 1.75. The van der Waals surface area contributed by atoms with Gasteiger partial charge in [0.1, 0.15) is 97.7 Å². The summed E-state index contributed by atoms with van der Waals surface area (Å²) in [4.78, 5) is 0. The molecule has 3 fully saturated rings. The lowest BCUT2D eigenvalue weighted by atomic mass is 9.88. The highest BCUT2D eigenvalue weighted by molar-refractivity contribution is 5.05. The molecule has 15 heteroatoms. The number of ether oxygens (including phenoxy) is 3. The summed E-state index contributed by atoms with van der Waals surface area (Å²) < 4.78 is 15.8. The van der Waals surface area contributed by atoms with Crippen molar-refractivity contribution in [1.82, 2.24) is 0 Å². The average Bonchev–Trinajstić information content (AvgIpc) is 3.10. The number of hydrogen-bond acceptors (Lipinski definition) is 15. The second-order valence-corrected chi connectivity index (χ2v) is 8.61. The first-order valence-electron chi connectivity index (χ1n) is 10.4. The van der Waals surface area contributed by atoms with Gasteiger partial charge < -0.3 is 75.5 Å². The maximum atomic E-state index is 10.6. The van der Waals surface area contributed by atoms with Crippen LogP contribution in [-0.4, -0.2) is 172 Å². The Morgan fingerprint density at radius 3 is 1.00 bits per heavy atom. The molecule has 3 saturated heterocycles. The van der Waals surface area contributed by atoms with Crippen LogP contribution < -0.4 is 0 Å². The van der Waals surface area contributed by atoms with Gasteiger partial charge in [-0.3, -0.25) is 0 Å². The van der Waals surface area contributed by atoms with Crippen molar-refractivity contribution in [2.45, 2.75) is 97.7 Å². The maximum absolute atomic E-state index is 10.6. The van der Waals surface area contributed by atoms with Crippen LogP contribution in [0.4, 0.5) is 0 Å². The Hall–Kier alpha value is -0.600. The van der Waals surface area contributed by atoms with E-state index in [-0.39, 0.29) is 0 Å². The fourth-order valence-electron chi connectivity index (χ4n) is 4.50. The molecule has 15 nitrogen and oxygen atoms in total. The minimum absolute atomic E-state index is 0.774. The zero-order chi connectivity index (χ0) is 24.8. The van der Waals surface area contributed by atoms with Crippen LogP contribution in [0.15, 0.2) is 0 Å². The van der Waals surface area contributed by atoms with E-state index in [9.17, 15) is 61.3 Å². The summed E-state index contributed by atoms with van der Waals surface area (Å²) in [6.45, 7) is -1.55. The molecule has 0 spiro atoms. The lowest BCUT2D eigenvalue weighted by molar-refractivity contribution is -0.271. The Kier molecular flexibility index (Phi) is 8.65. The van der Waals surface area contributed by atoms with E-state index < -0.39 is 111 Å². The van der Waals surface area contributed by atoms with Crippen LogP contribution in [-0.2, 0) is 14.2 Å². The molecule has 0 radical (unpaired) electrons. The van der Waals surface area contributed by atoms with Crippen molar-refractivity contribution in [3.8, 4) is 0 Å². The highest BCUT2D eigenvalue weighted by Crippen LogP contribution is 2.34. The van der Waals surface area contributed by atoms with Crippen molar-refractivity contribution in [2.75, 3.05) is 13.2 Å². The molecule has 0 aliphatic carbocycles. The molecule has 0 bridgehead atoms. The molecule has 16 atom stereocenters. The van der Waals surface area contributed by atoms with E-state index in [1.165, 1.54) is 0 Å². The van der Waals surface area contributed by atoms with Crippen LogP contribution in [0.5, 0.6) is 0 Å². The molecule has 194 valence electrons. The molecule has 0 aromatic rings. The minimum Gasteiger partial charge on any atom is -0.394 e. The van der Waals surface area contributed by atoms with Crippen LogP contribution in [0.25, 0.3) is 0 Å². The molecule has 12 N–H and O–H groups in total. The normalized spacial score (nSPS) is 53.1. The van der Waals surface area contributed by atoms with Gasteiger partial charge in [0.05, 0.1) is 13.2 Å². The molecule has 0 aromatic carbocycles. The monoisotopic (exact) mass is 488 g/mol. The lowest BCUT2D eigenvalue weighted by Crippen LogP contribution is -2.64. The quantitative estimate of drug-likeness (QED) is 0.165. The van der Waals surface area contributed by atoms with Crippen LogP contribution >= 0.6 is 0 Å². The van der Waals surface area contributed by atoms with E-state index >= 15 is 0 Å². The molecule has 33 heavy (non-hydrogen) atoms. The molecule has 3 heterocycles. The predicted molar refractivity (Wildman–Crippen MR) is 100 cm³/mol. The fourth-order valence-corrected chi connectivity index (χ4v) is 4.50. The highest BCUT2D eigenvalue weighted by Gasteiger charge is 2.57. The second kappa shape index (κ2) is 10.6. The summed E-state index contributed by atoms with van der Waals surface area (Å²) in [6.07, 6.45) is -27.9. The van der Waals surface area contributed by atoms with Crippen molar-refractivity contribution in [1.29, 1.82) is 0 Å². The zero-order valence-electron chi connectivity index (χ0n) is 17.2. The Labute approximate surface area is 187 Å². The van der Waals surface area contributed by atoms with Gasteiger partial charge in [-0.25, -0.2) is 0 Å². The van der Waals surface area contributed by atoms with Gasteiger partial charge in [0.15, 0.2) is 0 Å². The van der Waals surface area contributed by atoms with Crippen molar-refractivity contribution < 1.29 is 75.5 Å². The lowest BCUT2D eigenvalue weighted by Gasteiger charge is -2.43. The molecule has 3 aliphatic rings. The summed E-state index contributed by atoms with van der Waals surface area (Å²) in [5.74, 6) is 0. The van der Waals surface area contributed by atoms with Crippen LogP contribution in [0, 0.1) is 0 Å². The molecule has 0 amide bonds. The fraction of sp³-hybridized carbons (Fsp3) is 1.00. The van der Waals surface area contributed by atoms with E-state index in [0.29, 0.717) is 0 Å². The highest BCUT2D eigenvalue weighted by atomic mass is 16.6. The first-order valence-corrected chi connectivity index (χ1v) is 10.4. The molecule has 0 saturated carbocycles. The Morgan fingerprint density at radius 1 is 0.424 bits per heavy atom. The van der Waals surface area contributed by atoms with E-state index in [1.807, 2.05) is 0 Å². The summed E-state index contributed by atoms with van der Waals surface area (Å²) >= 11 is 0. The number of hydrogen-bond donors (Lipinski definition) is 12. The third-order valence-corrected chi connectivity index (χ3v) is 6.54. The van der Waals surface area contributed by atoms with Gasteiger partial charge in [0.25, 0.3) is 0 Å². The van der Waals surface area contributed by atoms with E-state index in [2.05, 4.69) is 0 Å². The van der Waals surface area contributed by atoms with Crippen molar-refractivity contribution in [3.63, 3.8) is 0 Å². The van der Waals surface area contributed by atoms with Crippen LogP contribution in [0.2, 0.25) is 0 Å². The molecule has 3 aliphatic heterocycles. The van der Waals surface area contributed by atoms with Gasteiger partial charge in [0, 0.05) is 0 Å². The van der Waals surface area contributed by atoms with Gasteiger partial charge in [-0.2, -0.15) is 0 Å². The van der Waals surface area contributed by atoms with Gasteiger partial charge >= 0.3 is 0 Å². The molecular formula is C18H32O15. The summed E-state index contributed by atoms with van der Waals surface area (Å²) in [7, 11) is 0. The van der Waals surface area contributed by atoms with E-state index in [4.69, 9.17) is 14.2 Å². The topological polar surface area (TPSA) is 270 Å². The van der Waals surface area contributed by atoms with Gasteiger partial charge in [0.2, 0.25) is 0 Å². The van der Waals surface area contributed by atoms with Gasteiger partial charge in [-0.05, 0) is 0 Å². The molecule has 3 rings (SSSR count). The van der Waals surface area contributed by atoms with E-state index in [1.54, 1.807) is 0 Å². The van der Waals surface area contributed by atoms with Crippen molar-refractivity contribution in [2.24, 2.45) is 0 Å². The summed E-state index contributed by atoms with van der Waals surface area (Å²) in [6, 6.07) is 0. The molecular weight excluding hydrogens is 456 g/mol. The third kappa shape index (κ3) is 4.77. The van der Waals surface area contributed by atoms with E-state index in [0.717, 1.165) is 0 Å². The second-order valence-electron chi connectivity index (χ2n) is 8.61. The Morgan fingerprint density at radius 2 is 0.697 bits per heavy atom. The number of rotatable bonds is 6.